The number of carbonyl (C=O) groups excluding carboxylic acids is 2. The van der Waals surface area contributed by atoms with Crippen LogP contribution < -0.4 is 16.4 Å². The molecule has 0 saturated carbocycles. The van der Waals surface area contributed by atoms with E-state index in [1.165, 1.54) is 0 Å². The molecule has 2 atom stereocenters. The van der Waals surface area contributed by atoms with Gasteiger partial charge in [0.05, 0.1) is 12.1 Å². The second kappa shape index (κ2) is 8.49. The predicted molar refractivity (Wildman–Crippen MR) is 70.0 cm³/mol. The number of hydrogen-bond donors (Lipinski definition) is 3. The molecule has 6 heteroatoms. The first-order valence-corrected chi connectivity index (χ1v) is 7.19. The highest BCUT2D eigenvalue weighted by atomic mass is 32.2. The fraction of sp³-hybridized carbons (Fsp3) is 0.818. The molecule has 98 valence electrons. The first-order valence-electron chi connectivity index (χ1n) is 6.03. The zero-order valence-corrected chi connectivity index (χ0v) is 10.8. The molecule has 1 aliphatic rings. The third-order valence-electron chi connectivity index (χ3n) is 2.68. The Bertz CT molecular complexity index is 245. The fourth-order valence-electron chi connectivity index (χ4n) is 1.64. The minimum Gasteiger partial charge on any atom is -0.355 e. The summed E-state index contributed by atoms with van der Waals surface area (Å²) in [4.78, 5) is 22.0. The molecule has 1 amide bonds. The lowest BCUT2D eigenvalue weighted by molar-refractivity contribution is -0.122. The quantitative estimate of drug-likeness (QED) is 0.424. The van der Waals surface area contributed by atoms with Gasteiger partial charge in [-0.2, -0.15) is 11.8 Å². The second-order valence-electron chi connectivity index (χ2n) is 4.17. The van der Waals surface area contributed by atoms with E-state index in [1.54, 1.807) is 11.8 Å². The van der Waals surface area contributed by atoms with Crippen molar-refractivity contribution >= 4 is 24.0 Å². The summed E-state index contributed by atoms with van der Waals surface area (Å²) in [6.07, 6.45) is 3.19. The van der Waals surface area contributed by atoms with Crippen molar-refractivity contribution < 1.29 is 9.59 Å². The van der Waals surface area contributed by atoms with E-state index in [0.717, 1.165) is 37.2 Å². The average Bonchev–Trinajstić information content (AvgIpc) is 2.38. The van der Waals surface area contributed by atoms with Crippen LogP contribution in [0.3, 0.4) is 0 Å². The molecule has 1 rings (SSSR count). The predicted octanol–water partition coefficient (Wildman–Crippen LogP) is -0.496. The second-order valence-corrected chi connectivity index (χ2v) is 5.32. The van der Waals surface area contributed by atoms with Gasteiger partial charge in [-0.3, -0.25) is 4.79 Å². The van der Waals surface area contributed by atoms with E-state index in [0.29, 0.717) is 13.0 Å². The number of hydrogen-bond acceptors (Lipinski definition) is 5. The molecule has 1 aliphatic heterocycles. The van der Waals surface area contributed by atoms with Gasteiger partial charge in [0.1, 0.15) is 6.29 Å². The molecular weight excluding hydrogens is 238 g/mol. The van der Waals surface area contributed by atoms with Crippen molar-refractivity contribution in [1.82, 2.24) is 10.6 Å². The van der Waals surface area contributed by atoms with Gasteiger partial charge >= 0.3 is 0 Å². The van der Waals surface area contributed by atoms with Crippen molar-refractivity contribution in [1.29, 1.82) is 0 Å². The molecule has 0 aromatic rings. The van der Waals surface area contributed by atoms with Crippen LogP contribution in [0.25, 0.3) is 0 Å². The molecule has 0 bridgehead atoms. The van der Waals surface area contributed by atoms with Crippen molar-refractivity contribution in [2.45, 2.75) is 31.3 Å². The summed E-state index contributed by atoms with van der Waals surface area (Å²) < 4.78 is 0. The third-order valence-corrected chi connectivity index (χ3v) is 3.74. The van der Waals surface area contributed by atoms with Crippen LogP contribution in [0, 0.1) is 0 Å². The van der Waals surface area contributed by atoms with Crippen LogP contribution in [0.4, 0.5) is 0 Å². The Morgan fingerprint density at radius 1 is 1.59 bits per heavy atom. The minimum atomic E-state index is -0.359. The Morgan fingerprint density at radius 2 is 2.41 bits per heavy atom. The number of carbonyl (C=O) groups is 2. The molecule has 0 spiro atoms. The zero-order valence-electron chi connectivity index (χ0n) is 9.98. The molecule has 4 N–H and O–H groups in total. The molecule has 2 unspecified atom stereocenters. The van der Waals surface area contributed by atoms with Crippen molar-refractivity contribution in [3.63, 3.8) is 0 Å². The van der Waals surface area contributed by atoms with E-state index in [2.05, 4.69) is 10.6 Å². The van der Waals surface area contributed by atoms with Gasteiger partial charge in [-0.1, -0.05) is 0 Å². The van der Waals surface area contributed by atoms with Crippen LogP contribution >= 0.6 is 11.8 Å². The summed E-state index contributed by atoms with van der Waals surface area (Å²) in [7, 11) is 0. The Labute approximate surface area is 106 Å². The van der Waals surface area contributed by atoms with Crippen LogP contribution in [0.15, 0.2) is 0 Å². The summed E-state index contributed by atoms with van der Waals surface area (Å²) in [5, 5.41) is 6.09. The summed E-state index contributed by atoms with van der Waals surface area (Å²) in [6.45, 7) is 1.56. The first-order chi connectivity index (χ1) is 8.24. The Hall–Kier alpha value is -0.590. The van der Waals surface area contributed by atoms with E-state index in [9.17, 15) is 9.59 Å². The molecule has 0 radical (unpaired) electrons. The van der Waals surface area contributed by atoms with Crippen molar-refractivity contribution in [3.05, 3.63) is 0 Å². The number of rotatable bonds is 7. The highest BCUT2D eigenvalue weighted by molar-refractivity contribution is 7.99. The standard InChI is InChI=1S/C11H21N3O2S/c12-9(7-15)3-1-2-4-14-11(16)10-8-17-6-5-13-10/h7,9-10,13H,1-6,8,12H2,(H,14,16). The van der Waals surface area contributed by atoms with Crippen LogP contribution in [-0.2, 0) is 9.59 Å². The topological polar surface area (TPSA) is 84.2 Å². The normalized spacial score (nSPS) is 21.8. The molecule has 0 aromatic carbocycles. The van der Waals surface area contributed by atoms with E-state index in [4.69, 9.17) is 5.73 Å². The minimum absolute atomic E-state index is 0.0500. The van der Waals surface area contributed by atoms with Crippen molar-refractivity contribution in [3.8, 4) is 0 Å². The van der Waals surface area contributed by atoms with E-state index >= 15 is 0 Å². The number of nitrogens with two attached hydrogens (primary N) is 1. The molecule has 1 saturated heterocycles. The Balaban J connectivity index is 2.01. The summed E-state index contributed by atoms with van der Waals surface area (Å²) in [5.74, 6) is 2.01. The number of amides is 1. The zero-order chi connectivity index (χ0) is 12.5. The van der Waals surface area contributed by atoms with Gasteiger partial charge in [0.25, 0.3) is 0 Å². The lowest BCUT2D eigenvalue weighted by Gasteiger charge is -2.22. The smallest absolute Gasteiger partial charge is 0.237 e. The van der Waals surface area contributed by atoms with Crippen LogP contribution in [0.2, 0.25) is 0 Å². The van der Waals surface area contributed by atoms with Gasteiger partial charge in [0.15, 0.2) is 0 Å². The average molecular weight is 259 g/mol. The lowest BCUT2D eigenvalue weighted by Crippen LogP contribution is -2.49. The lowest BCUT2D eigenvalue weighted by atomic mass is 10.1. The van der Waals surface area contributed by atoms with E-state index in [-0.39, 0.29) is 18.0 Å². The molecule has 17 heavy (non-hydrogen) atoms. The summed E-state index contributed by atoms with van der Waals surface area (Å²) >= 11 is 1.80. The fourth-order valence-corrected chi connectivity index (χ4v) is 2.58. The van der Waals surface area contributed by atoms with Gasteiger partial charge in [-0.05, 0) is 19.3 Å². The summed E-state index contributed by atoms with van der Waals surface area (Å²) in [5.41, 5.74) is 5.46. The largest absolute Gasteiger partial charge is 0.355 e. The van der Waals surface area contributed by atoms with Gasteiger partial charge in [0.2, 0.25) is 5.91 Å². The third kappa shape index (κ3) is 6.05. The molecular formula is C11H21N3O2S. The number of thioether (sulfide) groups is 1. The van der Waals surface area contributed by atoms with Crippen LogP contribution in [-0.4, -0.2) is 48.9 Å². The SMILES string of the molecule is NC(C=O)CCCCNC(=O)C1CSCCN1. The van der Waals surface area contributed by atoms with Gasteiger partial charge in [-0.15, -0.1) is 0 Å². The molecule has 0 aliphatic carbocycles. The maximum Gasteiger partial charge on any atom is 0.237 e. The number of unbranched alkanes of at least 4 members (excludes halogenated alkanes) is 1. The van der Waals surface area contributed by atoms with Crippen molar-refractivity contribution in [2.75, 3.05) is 24.6 Å². The van der Waals surface area contributed by atoms with Gasteiger partial charge in [0, 0.05) is 24.6 Å². The maximum absolute atomic E-state index is 11.7. The number of nitrogens with one attached hydrogen (secondary N) is 2. The van der Waals surface area contributed by atoms with Crippen molar-refractivity contribution in [2.24, 2.45) is 5.73 Å². The summed E-state index contributed by atoms with van der Waals surface area (Å²) in [6, 6.07) is -0.409. The maximum atomic E-state index is 11.7. The first kappa shape index (κ1) is 14.5. The molecule has 5 nitrogen and oxygen atoms in total. The van der Waals surface area contributed by atoms with Gasteiger partial charge in [-0.25, -0.2) is 0 Å². The molecule has 0 aromatic heterocycles. The highest BCUT2D eigenvalue weighted by Gasteiger charge is 2.19. The Morgan fingerprint density at radius 3 is 3.06 bits per heavy atom. The molecule has 1 heterocycles. The van der Waals surface area contributed by atoms with E-state index in [1.807, 2.05) is 0 Å². The van der Waals surface area contributed by atoms with E-state index < -0.39 is 0 Å². The molecule has 1 fully saturated rings. The van der Waals surface area contributed by atoms with Crippen LogP contribution in [0.5, 0.6) is 0 Å². The highest BCUT2D eigenvalue weighted by Crippen LogP contribution is 2.07. The van der Waals surface area contributed by atoms with Gasteiger partial charge < -0.3 is 21.2 Å². The number of aldehydes is 1. The monoisotopic (exact) mass is 259 g/mol. The van der Waals surface area contributed by atoms with Crippen LogP contribution in [0.1, 0.15) is 19.3 Å². The Kier molecular flexibility index (Phi) is 7.23.